The van der Waals surface area contributed by atoms with E-state index in [1.165, 1.54) is 6.07 Å². The lowest BCUT2D eigenvalue weighted by Crippen LogP contribution is -2.30. The van der Waals surface area contributed by atoms with E-state index >= 15 is 0 Å². The van der Waals surface area contributed by atoms with Crippen molar-refractivity contribution in [3.05, 3.63) is 81.4 Å². The summed E-state index contributed by atoms with van der Waals surface area (Å²) in [7, 11) is 0. The van der Waals surface area contributed by atoms with Crippen LogP contribution in [0.2, 0.25) is 0 Å². The fourth-order valence-electron chi connectivity index (χ4n) is 4.02. The van der Waals surface area contributed by atoms with Crippen LogP contribution in [-0.2, 0) is 0 Å². The van der Waals surface area contributed by atoms with Gasteiger partial charge in [0.1, 0.15) is 0 Å². The molecule has 0 unspecified atom stereocenters. The molecule has 1 heterocycles. The number of hydrogen-bond acceptors (Lipinski definition) is 4. The number of allylic oxidation sites excluding steroid dienone is 2. The van der Waals surface area contributed by atoms with Crippen LogP contribution >= 0.6 is 0 Å². The molecule has 0 bridgehead atoms. The molecule has 2 aromatic carbocycles. The van der Waals surface area contributed by atoms with E-state index in [1.54, 1.807) is 30.3 Å². The van der Waals surface area contributed by atoms with Crippen LogP contribution in [0.3, 0.4) is 0 Å². The first-order chi connectivity index (χ1) is 12.1. The number of benzene rings is 2. The summed E-state index contributed by atoms with van der Waals surface area (Å²) in [5, 5.41) is 24.3. The Morgan fingerprint density at radius 3 is 2.68 bits per heavy atom. The first-order valence-electron chi connectivity index (χ1n) is 8.10. The van der Waals surface area contributed by atoms with E-state index in [2.05, 4.69) is 17.5 Å². The highest BCUT2D eigenvalue weighted by molar-refractivity contribution is 5.95. The summed E-state index contributed by atoms with van der Waals surface area (Å²) in [6.07, 6.45) is 4.95. The first-order valence-corrected chi connectivity index (χ1v) is 8.10. The smallest absolute Gasteiger partial charge is 0.337 e. The van der Waals surface area contributed by atoms with Crippen molar-refractivity contribution in [2.75, 3.05) is 5.32 Å². The largest absolute Gasteiger partial charge is 0.478 e. The number of anilines is 1. The van der Waals surface area contributed by atoms with Gasteiger partial charge in [-0.1, -0.05) is 42.5 Å². The maximum atomic E-state index is 11.6. The lowest BCUT2D eigenvalue weighted by Gasteiger charge is -2.37. The number of nitro benzene ring substituents is 1. The van der Waals surface area contributed by atoms with Crippen LogP contribution in [0.4, 0.5) is 11.4 Å². The van der Waals surface area contributed by atoms with Gasteiger partial charge in [0.2, 0.25) is 0 Å². The third kappa shape index (κ3) is 2.38. The Morgan fingerprint density at radius 1 is 1.16 bits per heavy atom. The second-order valence-electron chi connectivity index (χ2n) is 6.37. The van der Waals surface area contributed by atoms with Gasteiger partial charge < -0.3 is 10.4 Å². The molecule has 2 aromatic rings. The molecule has 2 aliphatic rings. The highest BCUT2D eigenvalue weighted by atomic mass is 16.6. The van der Waals surface area contributed by atoms with E-state index in [0.717, 1.165) is 12.0 Å². The minimum absolute atomic E-state index is 0.0559. The number of carbonyl (C=O) groups is 1. The summed E-state index contributed by atoms with van der Waals surface area (Å²) < 4.78 is 0. The number of aromatic carboxylic acids is 1. The van der Waals surface area contributed by atoms with Gasteiger partial charge in [-0.05, 0) is 24.0 Å². The topological polar surface area (TPSA) is 92.5 Å². The van der Waals surface area contributed by atoms with E-state index in [-0.39, 0.29) is 34.1 Å². The molecule has 6 heteroatoms. The number of rotatable bonds is 3. The molecule has 0 fully saturated rings. The van der Waals surface area contributed by atoms with Crippen molar-refractivity contribution < 1.29 is 14.8 Å². The van der Waals surface area contributed by atoms with E-state index in [9.17, 15) is 20.0 Å². The van der Waals surface area contributed by atoms with Gasteiger partial charge in [-0.3, -0.25) is 10.1 Å². The van der Waals surface area contributed by atoms with Crippen molar-refractivity contribution in [3.8, 4) is 0 Å². The Kier molecular flexibility index (Phi) is 3.53. The predicted molar refractivity (Wildman–Crippen MR) is 92.8 cm³/mol. The lowest BCUT2D eigenvalue weighted by atomic mass is 9.76. The highest BCUT2D eigenvalue weighted by Crippen LogP contribution is 2.51. The fourth-order valence-corrected chi connectivity index (χ4v) is 4.02. The number of fused-ring (bicyclic) bond motifs is 3. The highest BCUT2D eigenvalue weighted by Gasteiger charge is 2.41. The quantitative estimate of drug-likeness (QED) is 0.500. The zero-order chi connectivity index (χ0) is 17.6. The Balaban J connectivity index is 1.88. The van der Waals surface area contributed by atoms with Crippen LogP contribution in [0.5, 0.6) is 0 Å². The lowest BCUT2D eigenvalue weighted by molar-refractivity contribution is -0.385. The molecule has 1 aliphatic heterocycles. The normalized spacial score (nSPS) is 23.4. The zero-order valence-corrected chi connectivity index (χ0v) is 13.3. The minimum Gasteiger partial charge on any atom is -0.478 e. The number of carboxylic acid groups (broad SMARTS) is 1. The Labute approximate surface area is 144 Å². The van der Waals surface area contributed by atoms with Crippen molar-refractivity contribution >= 4 is 17.3 Å². The second kappa shape index (κ2) is 5.73. The maximum Gasteiger partial charge on any atom is 0.337 e. The van der Waals surface area contributed by atoms with Crippen LogP contribution in [0.15, 0.2) is 54.6 Å². The van der Waals surface area contributed by atoms with Gasteiger partial charge in [-0.15, -0.1) is 0 Å². The third-order valence-corrected chi connectivity index (χ3v) is 5.10. The number of carboxylic acids is 1. The van der Waals surface area contributed by atoms with E-state index in [0.29, 0.717) is 11.3 Å². The van der Waals surface area contributed by atoms with E-state index in [4.69, 9.17) is 0 Å². The number of hydrogen-bond donors (Lipinski definition) is 2. The summed E-state index contributed by atoms with van der Waals surface area (Å²) in [5.74, 6) is -0.830. The van der Waals surface area contributed by atoms with Crippen LogP contribution in [0.1, 0.15) is 39.9 Å². The maximum absolute atomic E-state index is 11.6. The van der Waals surface area contributed by atoms with Crippen molar-refractivity contribution in [2.24, 2.45) is 5.92 Å². The van der Waals surface area contributed by atoms with Gasteiger partial charge in [-0.2, -0.15) is 0 Å². The molecule has 0 saturated carbocycles. The van der Waals surface area contributed by atoms with Crippen molar-refractivity contribution in [3.63, 3.8) is 0 Å². The van der Waals surface area contributed by atoms with Gasteiger partial charge in [0.15, 0.2) is 0 Å². The summed E-state index contributed by atoms with van der Waals surface area (Å²) in [4.78, 5) is 22.7. The van der Waals surface area contributed by atoms with Crippen molar-refractivity contribution in [2.45, 2.75) is 18.4 Å². The Morgan fingerprint density at radius 2 is 1.92 bits per heavy atom. The fraction of sp³-hybridized carbons (Fsp3) is 0.211. The average molecular weight is 336 g/mol. The minimum atomic E-state index is -1.01. The Bertz CT molecular complexity index is 906. The molecule has 0 spiro atoms. The van der Waals surface area contributed by atoms with Crippen molar-refractivity contribution in [1.29, 1.82) is 0 Å². The first kappa shape index (κ1) is 15.4. The molecule has 0 aromatic heterocycles. The monoisotopic (exact) mass is 336 g/mol. The molecule has 3 atom stereocenters. The molecule has 126 valence electrons. The number of nitro groups is 1. The van der Waals surface area contributed by atoms with E-state index < -0.39 is 5.97 Å². The van der Waals surface area contributed by atoms with Crippen LogP contribution in [0, 0.1) is 16.0 Å². The summed E-state index contributed by atoms with van der Waals surface area (Å²) >= 11 is 0. The average Bonchev–Trinajstić information content (AvgIpc) is 3.10. The molecule has 2 N–H and O–H groups in total. The summed E-state index contributed by atoms with van der Waals surface area (Å²) in [5.41, 5.74) is 2.35. The summed E-state index contributed by atoms with van der Waals surface area (Å²) in [6.45, 7) is 0. The van der Waals surface area contributed by atoms with E-state index in [1.807, 2.05) is 6.07 Å². The van der Waals surface area contributed by atoms with Gasteiger partial charge in [0, 0.05) is 12.0 Å². The number of nitrogens with one attached hydrogen (secondary N) is 1. The third-order valence-electron chi connectivity index (χ3n) is 5.10. The zero-order valence-electron chi connectivity index (χ0n) is 13.3. The second-order valence-corrected chi connectivity index (χ2v) is 6.37. The summed E-state index contributed by atoms with van der Waals surface area (Å²) in [6, 6.07) is 11.6. The van der Waals surface area contributed by atoms with Gasteiger partial charge in [0.05, 0.1) is 27.8 Å². The van der Waals surface area contributed by atoms with Gasteiger partial charge in [-0.25, -0.2) is 4.79 Å². The SMILES string of the molecule is O=C(O)c1cccc2c1N[C@@H](c1ccccc1[N+](=O)[O-])[C@@H]1CC=C[C@H]21. The predicted octanol–water partition coefficient (Wildman–Crippen LogP) is 4.12. The molecule has 0 saturated heterocycles. The molecule has 4 rings (SSSR count). The molecule has 6 nitrogen and oxygen atoms in total. The van der Waals surface area contributed by atoms with Crippen LogP contribution in [-0.4, -0.2) is 16.0 Å². The van der Waals surface area contributed by atoms with Crippen molar-refractivity contribution in [1.82, 2.24) is 0 Å². The Hall–Kier alpha value is -3.15. The number of para-hydroxylation sites is 2. The van der Waals surface area contributed by atoms with Crippen LogP contribution < -0.4 is 5.32 Å². The molecule has 25 heavy (non-hydrogen) atoms. The standard InChI is InChI=1S/C19H16N2O4/c22-19(23)15-9-4-8-13-11-6-3-7-12(11)17(20-18(13)15)14-5-1-2-10-16(14)21(24)25/h1-6,8-12,17,20H,7H2,(H,22,23)/t11-,12+,17+/m0/s1. The van der Waals surface area contributed by atoms with Gasteiger partial charge >= 0.3 is 5.97 Å². The van der Waals surface area contributed by atoms with Crippen LogP contribution in [0.25, 0.3) is 0 Å². The molecular weight excluding hydrogens is 320 g/mol. The molecule has 0 radical (unpaired) electrons. The van der Waals surface area contributed by atoms with Gasteiger partial charge in [0.25, 0.3) is 5.69 Å². The molecule has 1 aliphatic carbocycles. The molecular formula is C19H16N2O4. The molecule has 0 amide bonds. The number of nitrogens with zero attached hydrogens (tertiary/aromatic N) is 1.